The first kappa shape index (κ1) is 14.2. The van der Waals surface area contributed by atoms with Crippen LogP contribution in [0.1, 0.15) is 35.3 Å². The van der Waals surface area contributed by atoms with Crippen molar-refractivity contribution < 1.29 is 9.90 Å². The fourth-order valence-corrected chi connectivity index (χ4v) is 1.96. The second-order valence-electron chi connectivity index (χ2n) is 5.03. The predicted molar refractivity (Wildman–Crippen MR) is 81.5 cm³/mol. The van der Waals surface area contributed by atoms with Crippen molar-refractivity contribution in [2.24, 2.45) is 0 Å². The van der Waals surface area contributed by atoms with Gasteiger partial charge in [0, 0.05) is 5.56 Å². The molecule has 2 rings (SSSR count). The van der Waals surface area contributed by atoms with Crippen molar-refractivity contribution in [1.29, 1.82) is 0 Å². The Morgan fingerprint density at radius 1 is 1.05 bits per heavy atom. The third-order valence-electron chi connectivity index (χ3n) is 3.28. The first-order valence-electron chi connectivity index (χ1n) is 6.57. The third kappa shape index (κ3) is 3.43. The van der Waals surface area contributed by atoms with Gasteiger partial charge in [0.25, 0.3) is 0 Å². The molecule has 0 saturated heterocycles. The van der Waals surface area contributed by atoms with E-state index < -0.39 is 5.60 Å². The number of aliphatic hydroxyl groups is 1. The average Bonchev–Trinajstić information content (AvgIpc) is 2.46. The van der Waals surface area contributed by atoms with Crippen molar-refractivity contribution in [1.82, 2.24) is 0 Å². The molecule has 2 aromatic rings. The van der Waals surface area contributed by atoms with E-state index in [1.807, 2.05) is 48.5 Å². The lowest BCUT2D eigenvalue weighted by molar-refractivity contribution is 0.101. The number of hydrogen-bond acceptors (Lipinski definition) is 2. The van der Waals surface area contributed by atoms with Gasteiger partial charge in [-0.1, -0.05) is 60.7 Å². The summed E-state index contributed by atoms with van der Waals surface area (Å²) in [5.41, 5.74) is 1.47. The Morgan fingerprint density at radius 2 is 1.65 bits per heavy atom. The first-order valence-corrected chi connectivity index (χ1v) is 6.57. The highest BCUT2D eigenvalue weighted by Gasteiger charge is 2.18. The Morgan fingerprint density at radius 3 is 2.20 bits per heavy atom. The van der Waals surface area contributed by atoms with E-state index >= 15 is 0 Å². The summed E-state index contributed by atoms with van der Waals surface area (Å²) < 4.78 is 0. The fourth-order valence-electron chi connectivity index (χ4n) is 1.96. The van der Waals surface area contributed by atoms with Crippen molar-refractivity contribution in [2.45, 2.75) is 19.4 Å². The summed E-state index contributed by atoms with van der Waals surface area (Å²) in [5.74, 6) is 0.0526. The van der Waals surface area contributed by atoms with Gasteiger partial charge in [0.2, 0.25) is 0 Å². The smallest absolute Gasteiger partial charge is 0.159 e. The molecule has 1 N–H and O–H groups in total. The van der Waals surface area contributed by atoms with E-state index in [9.17, 15) is 9.90 Å². The van der Waals surface area contributed by atoms with E-state index in [0.29, 0.717) is 5.56 Å². The van der Waals surface area contributed by atoms with Crippen molar-refractivity contribution in [3.05, 3.63) is 77.4 Å². The normalized spacial score (nSPS) is 14.2. The molecule has 2 aromatic carbocycles. The molecule has 0 aromatic heterocycles. The number of Topliss-reactive ketones (excluding diaryl/α,β-unsaturated/α-hetero) is 1. The molecule has 0 aliphatic carbocycles. The molecule has 1 unspecified atom stereocenters. The number of benzene rings is 2. The van der Waals surface area contributed by atoms with Gasteiger partial charge in [0.1, 0.15) is 5.60 Å². The highest BCUT2D eigenvalue weighted by molar-refractivity contribution is 5.94. The average molecular weight is 266 g/mol. The van der Waals surface area contributed by atoms with E-state index in [-0.39, 0.29) is 5.78 Å². The van der Waals surface area contributed by atoms with Crippen molar-refractivity contribution >= 4 is 11.9 Å². The lowest BCUT2D eigenvalue weighted by Gasteiger charge is -2.19. The molecule has 0 bridgehead atoms. The molecule has 0 spiro atoms. The van der Waals surface area contributed by atoms with Gasteiger partial charge in [0.05, 0.1) is 0 Å². The van der Waals surface area contributed by atoms with E-state index in [0.717, 1.165) is 11.1 Å². The maximum Gasteiger partial charge on any atom is 0.159 e. The van der Waals surface area contributed by atoms with Crippen LogP contribution >= 0.6 is 0 Å². The molecule has 0 fully saturated rings. The summed E-state index contributed by atoms with van der Waals surface area (Å²) >= 11 is 0. The van der Waals surface area contributed by atoms with E-state index in [1.54, 1.807) is 32.1 Å². The van der Waals surface area contributed by atoms with Crippen molar-refractivity contribution in [3.8, 4) is 0 Å². The minimum Gasteiger partial charge on any atom is -0.381 e. The zero-order valence-electron chi connectivity index (χ0n) is 11.7. The molecule has 1 atom stereocenters. The van der Waals surface area contributed by atoms with E-state index in [4.69, 9.17) is 0 Å². The minimum atomic E-state index is -1.01. The van der Waals surface area contributed by atoms with Gasteiger partial charge in [-0.15, -0.1) is 0 Å². The number of hydrogen-bond donors (Lipinski definition) is 1. The molecule has 2 heteroatoms. The van der Waals surface area contributed by atoms with Crippen LogP contribution in [0.4, 0.5) is 0 Å². The van der Waals surface area contributed by atoms with E-state index in [1.165, 1.54) is 0 Å². The first-order chi connectivity index (χ1) is 9.49. The molecular weight excluding hydrogens is 248 g/mol. The van der Waals surface area contributed by atoms with Crippen molar-refractivity contribution in [2.75, 3.05) is 0 Å². The predicted octanol–water partition coefficient (Wildman–Crippen LogP) is 3.81. The molecule has 0 amide bonds. The summed E-state index contributed by atoms with van der Waals surface area (Å²) in [6.45, 7) is 3.30. The van der Waals surface area contributed by atoms with E-state index in [2.05, 4.69) is 0 Å². The van der Waals surface area contributed by atoms with Gasteiger partial charge in [0.15, 0.2) is 5.78 Å². The van der Waals surface area contributed by atoms with Crippen LogP contribution in [0.2, 0.25) is 0 Å². The molecule has 0 heterocycles. The molecular formula is C18H18O2. The summed E-state index contributed by atoms with van der Waals surface area (Å²) in [7, 11) is 0. The molecule has 0 aliphatic rings. The zero-order chi connectivity index (χ0) is 14.6. The van der Waals surface area contributed by atoms with Crippen LogP contribution in [0.3, 0.4) is 0 Å². The number of ketones is 1. The molecule has 2 nitrogen and oxygen atoms in total. The summed E-state index contributed by atoms with van der Waals surface area (Å²) in [6.07, 6.45) is 3.61. The van der Waals surface area contributed by atoms with Crippen LogP contribution in [0, 0.1) is 0 Å². The third-order valence-corrected chi connectivity index (χ3v) is 3.28. The van der Waals surface area contributed by atoms with Gasteiger partial charge < -0.3 is 5.11 Å². The van der Waals surface area contributed by atoms with Crippen LogP contribution in [0.25, 0.3) is 6.08 Å². The molecule has 0 saturated carbocycles. The lowest BCUT2D eigenvalue weighted by atomic mass is 9.95. The van der Waals surface area contributed by atoms with Crippen LogP contribution < -0.4 is 0 Å². The Balaban J connectivity index is 2.18. The highest BCUT2D eigenvalue weighted by Crippen LogP contribution is 2.22. The minimum absolute atomic E-state index is 0.0526. The highest BCUT2D eigenvalue weighted by atomic mass is 16.3. The molecule has 102 valence electrons. The number of carbonyl (C=O) groups is 1. The van der Waals surface area contributed by atoms with Gasteiger partial charge in [-0.3, -0.25) is 4.79 Å². The summed E-state index contributed by atoms with van der Waals surface area (Å²) in [6, 6.07) is 16.8. The second-order valence-corrected chi connectivity index (χ2v) is 5.03. The molecule has 20 heavy (non-hydrogen) atoms. The fraction of sp³-hybridized carbons (Fsp3) is 0.167. The molecule has 0 aliphatic heterocycles. The van der Waals surface area contributed by atoms with Gasteiger partial charge in [-0.2, -0.15) is 0 Å². The summed E-state index contributed by atoms with van der Waals surface area (Å²) in [4.78, 5) is 11.2. The van der Waals surface area contributed by atoms with Gasteiger partial charge in [-0.05, 0) is 31.1 Å². The lowest BCUT2D eigenvalue weighted by Crippen LogP contribution is -2.17. The standard InChI is InChI=1S/C18H18O2/c1-14(19)16-10-8-15(9-11-16)12-13-18(2,20)17-6-4-3-5-7-17/h3-13,20H,1-2H3/b13-12-. The largest absolute Gasteiger partial charge is 0.381 e. The maximum absolute atomic E-state index is 11.2. The number of rotatable bonds is 4. The number of carbonyl (C=O) groups excluding carboxylic acids is 1. The maximum atomic E-state index is 11.2. The molecule has 0 radical (unpaired) electrons. The zero-order valence-corrected chi connectivity index (χ0v) is 11.7. The topological polar surface area (TPSA) is 37.3 Å². The Labute approximate surface area is 119 Å². The van der Waals surface area contributed by atoms with Gasteiger partial charge in [-0.25, -0.2) is 0 Å². The Bertz CT molecular complexity index is 608. The van der Waals surface area contributed by atoms with Crippen LogP contribution in [0.15, 0.2) is 60.7 Å². The SMILES string of the molecule is CC(=O)c1ccc(/C=C\C(C)(O)c2ccccc2)cc1. The van der Waals surface area contributed by atoms with Crippen LogP contribution in [0.5, 0.6) is 0 Å². The Hall–Kier alpha value is -2.19. The van der Waals surface area contributed by atoms with Crippen LogP contribution in [-0.2, 0) is 5.60 Å². The van der Waals surface area contributed by atoms with Gasteiger partial charge >= 0.3 is 0 Å². The van der Waals surface area contributed by atoms with Crippen LogP contribution in [-0.4, -0.2) is 10.9 Å². The van der Waals surface area contributed by atoms with Crippen molar-refractivity contribution in [3.63, 3.8) is 0 Å². The Kier molecular flexibility index (Phi) is 4.16. The quantitative estimate of drug-likeness (QED) is 0.854. The summed E-state index contributed by atoms with van der Waals surface area (Å²) in [5, 5.41) is 10.4. The monoisotopic (exact) mass is 266 g/mol. The second kappa shape index (κ2) is 5.85.